The van der Waals surface area contributed by atoms with Gasteiger partial charge in [-0.1, -0.05) is 0 Å². The quantitative estimate of drug-likeness (QED) is 0.891. The highest BCUT2D eigenvalue weighted by Gasteiger charge is 2.39. The number of carbonyl (C=O) groups excluding carboxylic acids is 1. The van der Waals surface area contributed by atoms with E-state index in [9.17, 15) is 18.0 Å². The molecule has 0 saturated carbocycles. The minimum Gasteiger partial charge on any atom is -0.382 e. The van der Waals surface area contributed by atoms with Gasteiger partial charge in [0.15, 0.2) is 6.10 Å². The van der Waals surface area contributed by atoms with Gasteiger partial charge in [-0.2, -0.15) is 13.2 Å². The van der Waals surface area contributed by atoms with Crippen LogP contribution in [0.2, 0.25) is 0 Å². The number of aryl methyl sites for hydroxylation is 2. The molecular weight excluding hydrogens is 311 g/mol. The molecule has 8 heteroatoms. The van der Waals surface area contributed by atoms with Gasteiger partial charge in [-0.25, -0.2) is 4.79 Å². The third-order valence-corrected chi connectivity index (χ3v) is 3.44. The van der Waals surface area contributed by atoms with Gasteiger partial charge in [0.05, 0.1) is 6.54 Å². The van der Waals surface area contributed by atoms with E-state index in [1.54, 1.807) is 13.8 Å². The monoisotopic (exact) mass is 333 g/mol. The SMILES string of the molecule is Cc1cc(N(C)C)cc(C)c1NC(=O)N(C)C[C@H](O)C(F)(F)F. The van der Waals surface area contributed by atoms with Gasteiger partial charge < -0.3 is 20.2 Å². The molecule has 0 saturated heterocycles. The van der Waals surface area contributed by atoms with Crippen LogP contribution in [0.3, 0.4) is 0 Å². The van der Waals surface area contributed by atoms with Crippen LogP contribution in [0.15, 0.2) is 12.1 Å². The number of benzene rings is 1. The fourth-order valence-corrected chi connectivity index (χ4v) is 2.04. The van der Waals surface area contributed by atoms with Gasteiger partial charge in [0.2, 0.25) is 0 Å². The predicted molar refractivity (Wildman–Crippen MR) is 84.0 cm³/mol. The van der Waals surface area contributed by atoms with E-state index in [4.69, 9.17) is 5.11 Å². The van der Waals surface area contributed by atoms with Gasteiger partial charge in [-0.15, -0.1) is 0 Å². The van der Waals surface area contributed by atoms with Crippen LogP contribution in [0, 0.1) is 13.8 Å². The Balaban J connectivity index is 2.85. The lowest BCUT2D eigenvalue weighted by Crippen LogP contribution is -2.43. The van der Waals surface area contributed by atoms with Crippen molar-refractivity contribution in [2.75, 3.05) is 37.9 Å². The number of hydrogen-bond acceptors (Lipinski definition) is 3. The molecule has 130 valence electrons. The highest BCUT2D eigenvalue weighted by atomic mass is 19.4. The molecule has 2 N–H and O–H groups in total. The van der Waals surface area contributed by atoms with E-state index in [2.05, 4.69) is 5.32 Å². The summed E-state index contributed by atoms with van der Waals surface area (Å²) in [5.41, 5.74) is 3.10. The van der Waals surface area contributed by atoms with Gasteiger partial charge in [0, 0.05) is 32.5 Å². The summed E-state index contributed by atoms with van der Waals surface area (Å²) in [6.45, 7) is 2.78. The number of aliphatic hydroxyl groups is 1. The van der Waals surface area contributed by atoms with Gasteiger partial charge in [0.25, 0.3) is 0 Å². The number of amides is 2. The summed E-state index contributed by atoms with van der Waals surface area (Å²) < 4.78 is 37.0. The Morgan fingerprint density at radius 3 is 2.09 bits per heavy atom. The Morgan fingerprint density at radius 2 is 1.70 bits per heavy atom. The first kappa shape index (κ1) is 19.1. The number of anilines is 2. The van der Waals surface area contributed by atoms with Crippen molar-refractivity contribution in [3.63, 3.8) is 0 Å². The van der Waals surface area contributed by atoms with Crippen molar-refractivity contribution < 1.29 is 23.1 Å². The Kier molecular flexibility index (Phi) is 5.87. The molecule has 2 amide bonds. The fraction of sp³-hybridized carbons (Fsp3) is 0.533. The zero-order chi connectivity index (χ0) is 17.9. The van der Waals surface area contributed by atoms with Crippen molar-refractivity contribution in [3.8, 4) is 0 Å². The third kappa shape index (κ3) is 5.02. The molecule has 1 atom stereocenters. The first-order valence-corrected chi connectivity index (χ1v) is 6.99. The molecule has 0 bridgehead atoms. The van der Waals surface area contributed by atoms with E-state index in [-0.39, 0.29) is 0 Å². The second kappa shape index (κ2) is 7.08. The number of alkyl halides is 3. The first-order valence-electron chi connectivity index (χ1n) is 6.99. The Morgan fingerprint density at radius 1 is 1.22 bits per heavy atom. The largest absolute Gasteiger partial charge is 0.416 e. The highest BCUT2D eigenvalue weighted by Crippen LogP contribution is 2.27. The lowest BCUT2D eigenvalue weighted by atomic mass is 10.1. The van der Waals surface area contributed by atoms with Crippen LogP contribution >= 0.6 is 0 Å². The van der Waals surface area contributed by atoms with Gasteiger partial charge >= 0.3 is 12.2 Å². The van der Waals surface area contributed by atoms with Crippen LogP contribution in [-0.4, -0.2) is 56.0 Å². The normalized spacial score (nSPS) is 12.7. The van der Waals surface area contributed by atoms with Crippen LogP contribution in [0.5, 0.6) is 0 Å². The maximum absolute atomic E-state index is 12.3. The van der Waals surface area contributed by atoms with E-state index in [0.717, 1.165) is 21.7 Å². The molecule has 0 radical (unpaired) electrons. The molecule has 1 aromatic carbocycles. The van der Waals surface area contributed by atoms with Crippen molar-refractivity contribution in [3.05, 3.63) is 23.3 Å². The maximum atomic E-state index is 12.3. The van der Waals surface area contributed by atoms with Crippen molar-refractivity contribution >= 4 is 17.4 Å². The van der Waals surface area contributed by atoms with E-state index < -0.39 is 24.9 Å². The number of nitrogens with zero attached hydrogens (tertiary/aromatic N) is 2. The molecule has 0 aliphatic rings. The molecule has 5 nitrogen and oxygen atoms in total. The number of halogens is 3. The molecular formula is C15H22F3N3O2. The number of hydrogen-bond donors (Lipinski definition) is 2. The van der Waals surface area contributed by atoms with E-state index in [1.807, 2.05) is 31.1 Å². The second-order valence-corrected chi connectivity index (χ2v) is 5.72. The van der Waals surface area contributed by atoms with Crippen LogP contribution < -0.4 is 10.2 Å². The third-order valence-electron chi connectivity index (χ3n) is 3.44. The predicted octanol–water partition coefficient (Wildman–Crippen LogP) is 2.76. The van der Waals surface area contributed by atoms with Crippen LogP contribution in [-0.2, 0) is 0 Å². The molecule has 1 aromatic rings. The van der Waals surface area contributed by atoms with Crippen molar-refractivity contribution in [1.82, 2.24) is 4.90 Å². The number of likely N-dealkylation sites (N-methyl/N-ethyl adjacent to an activating group) is 1. The van der Waals surface area contributed by atoms with Crippen LogP contribution in [0.25, 0.3) is 0 Å². The fourth-order valence-electron chi connectivity index (χ4n) is 2.04. The van der Waals surface area contributed by atoms with E-state index >= 15 is 0 Å². The summed E-state index contributed by atoms with van der Waals surface area (Å²) in [6.07, 6.45) is -7.33. The summed E-state index contributed by atoms with van der Waals surface area (Å²) in [6, 6.07) is 3.03. The minimum absolute atomic E-state index is 0.550. The van der Waals surface area contributed by atoms with Gasteiger partial charge in [0.1, 0.15) is 0 Å². The maximum Gasteiger partial charge on any atom is 0.416 e. The van der Waals surface area contributed by atoms with Gasteiger partial charge in [-0.05, 0) is 37.1 Å². The number of nitrogens with one attached hydrogen (secondary N) is 1. The number of rotatable bonds is 4. The van der Waals surface area contributed by atoms with Crippen molar-refractivity contribution in [1.29, 1.82) is 0 Å². The molecule has 0 aromatic heterocycles. The molecule has 1 rings (SSSR count). The van der Waals surface area contributed by atoms with Gasteiger partial charge in [-0.3, -0.25) is 0 Å². The number of urea groups is 1. The molecule has 0 aliphatic heterocycles. The molecule has 0 heterocycles. The number of carbonyl (C=O) groups is 1. The lowest BCUT2D eigenvalue weighted by Gasteiger charge is -2.24. The molecule has 23 heavy (non-hydrogen) atoms. The Labute approximate surface area is 133 Å². The summed E-state index contributed by atoms with van der Waals surface area (Å²) in [7, 11) is 4.97. The van der Waals surface area contributed by atoms with Crippen molar-refractivity contribution in [2.45, 2.75) is 26.1 Å². The summed E-state index contributed by atoms with van der Waals surface area (Å²) >= 11 is 0. The molecule has 0 unspecified atom stereocenters. The van der Waals surface area contributed by atoms with Crippen molar-refractivity contribution in [2.24, 2.45) is 0 Å². The summed E-state index contributed by atoms with van der Waals surface area (Å²) in [5, 5.41) is 11.6. The molecule has 0 fully saturated rings. The average molecular weight is 333 g/mol. The summed E-state index contributed by atoms with van der Waals surface area (Å²) in [5.74, 6) is 0. The topological polar surface area (TPSA) is 55.8 Å². The molecule has 0 aliphatic carbocycles. The molecule has 0 spiro atoms. The second-order valence-electron chi connectivity index (χ2n) is 5.72. The smallest absolute Gasteiger partial charge is 0.382 e. The number of aliphatic hydroxyl groups excluding tert-OH is 1. The van der Waals surface area contributed by atoms with Crippen LogP contribution in [0.4, 0.5) is 29.3 Å². The summed E-state index contributed by atoms with van der Waals surface area (Å²) in [4.78, 5) is 14.7. The highest BCUT2D eigenvalue weighted by molar-refractivity contribution is 5.91. The minimum atomic E-state index is -4.76. The lowest BCUT2D eigenvalue weighted by molar-refractivity contribution is -0.205. The zero-order valence-electron chi connectivity index (χ0n) is 13.8. The van der Waals surface area contributed by atoms with Crippen LogP contribution in [0.1, 0.15) is 11.1 Å². The average Bonchev–Trinajstić information content (AvgIpc) is 2.40. The zero-order valence-corrected chi connectivity index (χ0v) is 13.8. The van der Waals surface area contributed by atoms with E-state index in [0.29, 0.717) is 5.69 Å². The Bertz CT molecular complexity index is 551. The Hall–Kier alpha value is -1.96. The standard InChI is InChI=1S/C15H22F3N3O2/c1-9-6-11(20(3)4)7-10(2)13(9)19-14(23)21(5)8-12(22)15(16,17)18/h6-7,12,22H,8H2,1-5H3,(H,19,23)/t12-/m0/s1. The first-order chi connectivity index (χ1) is 10.4. The van der Waals surface area contributed by atoms with E-state index in [1.165, 1.54) is 7.05 Å².